The summed E-state index contributed by atoms with van der Waals surface area (Å²) in [5, 5.41) is 3.62. The van der Waals surface area contributed by atoms with Gasteiger partial charge in [-0.05, 0) is 19.4 Å². The van der Waals surface area contributed by atoms with Gasteiger partial charge in [-0.3, -0.25) is 0 Å². The van der Waals surface area contributed by atoms with E-state index >= 15 is 0 Å². The molecular formula is C15H22F3N3O. The molecule has 0 saturated carbocycles. The Morgan fingerprint density at radius 2 is 1.95 bits per heavy atom. The molecule has 4 nitrogen and oxygen atoms in total. The Labute approximate surface area is 128 Å². The van der Waals surface area contributed by atoms with Crippen LogP contribution in [-0.4, -0.2) is 16.3 Å². The Balaban J connectivity index is 0.00000211. The van der Waals surface area contributed by atoms with Crippen molar-refractivity contribution in [2.45, 2.75) is 46.8 Å². The zero-order valence-corrected chi connectivity index (χ0v) is 13.2. The van der Waals surface area contributed by atoms with Crippen LogP contribution >= 0.6 is 0 Å². The summed E-state index contributed by atoms with van der Waals surface area (Å²) in [6, 6.07) is 0. The van der Waals surface area contributed by atoms with Gasteiger partial charge in [0.1, 0.15) is 0 Å². The van der Waals surface area contributed by atoms with Crippen molar-refractivity contribution in [3.63, 3.8) is 0 Å². The van der Waals surface area contributed by atoms with Gasteiger partial charge in [0, 0.05) is 5.57 Å². The number of aromatic nitrogens is 2. The zero-order chi connectivity index (χ0) is 17.2. The first-order chi connectivity index (χ1) is 10.4. The van der Waals surface area contributed by atoms with E-state index in [9.17, 15) is 13.2 Å². The summed E-state index contributed by atoms with van der Waals surface area (Å²) >= 11 is 0. The van der Waals surface area contributed by atoms with Gasteiger partial charge in [0.15, 0.2) is 0 Å². The van der Waals surface area contributed by atoms with Crippen LogP contribution in [0.25, 0.3) is 5.57 Å². The van der Waals surface area contributed by atoms with E-state index in [1.165, 1.54) is 6.08 Å². The highest BCUT2D eigenvalue weighted by atomic mass is 19.4. The van der Waals surface area contributed by atoms with E-state index in [1.807, 2.05) is 13.8 Å². The van der Waals surface area contributed by atoms with Crippen LogP contribution in [0.5, 0.6) is 0 Å². The molecule has 22 heavy (non-hydrogen) atoms. The number of alkyl halides is 3. The molecule has 124 valence electrons. The SMILES string of the molecule is CC.C\C=C/C(=C\C(=C\CC)C(F)(F)F)c1noc(CN)n1. The number of halogens is 3. The van der Waals surface area contributed by atoms with Crippen LogP contribution in [0.4, 0.5) is 13.2 Å². The lowest BCUT2D eigenvalue weighted by Gasteiger charge is -2.08. The molecule has 0 unspecified atom stereocenters. The Morgan fingerprint density at radius 3 is 2.36 bits per heavy atom. The van der Waals surface area contributed by atoms with Crippen LogP contribution in [0.3, 0.4) is 0 Å². The molecule has 0 aliphatic carbocycles. The van der Waals surface area contributed by atoms with E-state index in [-0.39, 0.29) is 30.3 Å². The quantitative estimate of drug-likeness (QED) is 0.817. The van der Waals surface area contributed by atoms with E-state index in [0.29, 0.717) is 0 Å². The Hall–Kier alpha value is -1.89. The monoisotopic (exact) mass is 317 g/mol. The predicted molar refractivity (Wildman–Crippen MR) is 80.8 cm³/mol. The molecule has 7 heteroatoms. The largest absolute Gasteiger partial charge is 0.416 e. The summed E-state index contributed by atoms with van der Waals surface area (Å²) < 4.78 is 43.4. The first-order valence-electron chi connectivity index (χ1n) is 7.07. The highest BCUT2D eigenvalue weighted by Crippen LogP contribution is 2.29. The van der Waals surface area contributed by atoms with Gasteiger partial charge in [-0.15, -0.1) is 0 Å². The molecule has 2 N–H and O–H groups in total. The van der Waals surface area contributed by atoms with Crippen LogP contribution in [-0.2, 0) is 6.54 Å². The Morgan fingerprint density at radius 1 is 1.32 bits per heavy atom. The van der Waals surface area contributed by atoms with Crippen molar-refractivity contribution >= 4 is 5.57 Å². The van der Waals surface area contributed by atoms with Crippen LogP contribution < -0.4 is 5.73 Å². The Bertz CT molecular complexity index is 528. The maximum atomic E-state index is 12.9. The number of nitrogens with zero attached hydrogens (tertiary/aromatic N) is 2. The highest BCUT2D eigenvalue weighted by Gasteiger charge is 2.32. The average molecular weight is 317 g/mol. The second-order valence-electron chi connectivity index (χ2n) is 3.88. The predicted octanol–water partition coefficient (Wildman–Crippen LogP) is 4.41. The fourth-order valence-electron chi connectivity index (χ4n) is 1.47. The summed E-state index contributed by atoms with van der Waals surface area (Å²) in [5.41, 5.74) is 4.80. The number of allylic oxidation sites excluding steroid dienone is 6. The van der Waals surface area contributed by atoms with Crippen molar-refractivity contribution in [3.05, 3.63) is 41.6 Å². The van der Waals surface area contributed by atoms with Gasteiger partial charge in [0.2, 0.25) is 11.7 Å². The van der Waals surface area contributed by atoms with Crippen molar-refractivity contribution in [2.75, 3.05) is 0 Å². The molecule has 0 spiro atoms. The third-order valence-corrected chi connectivity index (χ3v) is 2.31. The molecule has 0 radical (unpaired) electrons. The molecule has 0 aliphatic heterocycles. The summed E-state index contributed by atoms with van der Waals surface area (Å²) in [5.74, 6) is 0.248. The second-order valence-corrected chi connectivity index (χ2v) is 3.88. The van der Waals surface area contributed by atoms with E-state index in [2.05, 4.69) is 10.1 Å². The maximum absolute atomic E-state index is 12.9. The van der Waals surface area contributed by atoms with Crippen molar-refractivity contribution in [2.24, 2.45) is 5.73 Å². The molecular weight excluding hydrogens is 295 g/mol. The first kappa shape index (κ1) is 20.1. The third kappa shape index (κ3) is 6.26. The van der Waals surface area contributed by atoms with Gasteiger partial charge in [0.05, 0.1) is 12.1 Å². The average Bonchev–Trinajstić information content (AvgIpc) is 2.96. The van der Waals surface area contributed by atoms with Crippen LogP contribution in [0, 0.1) is 0 Å². The number of hydrogen-bond acceptors (Lipinski definition) is 4. The second kappa shape index (κ2) is 9.94. The minimum atomic E-state index is -4.43. The van der Waals surface area contributed by atoms with E-state index < -0.39 is 11.7 Å². The van der Waals surface area contributed by atoms with Gasteiger partial charge in [-0.2, -0.15) is 18.2 Å². The summed E-state index contributed by atoms with van der Waals surface area (Å²) in [6.07, 6.45) is 1.03. The lowest BCUT2D eigenvalue weighted by Crippen LogP contribution is -2.10. The van der Waals surface area contributed by atoms with Crippen molar-refractivity contribution < 1.29 is 17.7 Å². The summed E-state index contributed by atoms with van der Waals surface area (Å²) in [7, 11) is 0. The van der Waals surface area contributed by atoms with Crippen molar-refractivity contribution in [3.8, 4) is 0 Å². The molecule has 1 heterocycles. The normalized spacial score (nSPS) is 13.3. The molecule has 0 amide bonds. The fourth-order valence-corrected chi connectivity index (χ4v) is 1.47. The molecule has 0 bridgehead atoms. The standard InChI is InChI=1S/C13H16F3N3O.C2H6/c1-3-5-9(12-18-11(8-17)20-19-12)7-10(6-4-2)13(14,15)16;1-2/h3,5-7H,4,8,17H2,1-2H3;1-2H3/b5-3-,9-7+,10-6-;. The molecule has 1 rings (SSSR count). The summed E-state index contributed by atoms with van der Waals surface area (Å²) in [6.45, 7) is 7.36. The smallest absolute Gasteiger partial charge is 0.338 e. The molecule has 0 aromatic carbocycles. The lowest BCUT2D eigenvalue weighted by atomic mass is 10.1. The molecule has 0 fully saturated rings. The first-order valence-corrected chi connectivity index (χ1v) is 7.07. The van der Waals surface area contributed by atoms with Gasteiger partial charge >= 0.3 is 6.18 Å². The van der Waals surface area contributed by atoms with Crippen molar-refractivity contribution in [1.82, 2.24) is 10.1 Å². The minimum Gasteiger partial charge on any atom is -0.338 e. The fraction of sp³-hybridized carbons (Fsp3) is 0.467. The van der Waals surface area contributed by atoms with Gasteiger partial charge in [0.25, 0.3) is 0 Å². The van der Waals surface area contributed by atoms with E-state index in [0.717, 1.165) is 12.2 Å². The molecule has 0 aliphatic rings. The van der Waals surface area contributed by atoms with E-state index in [4.69, 9.17) is 10.3 Å². The maximum Gasteiger partial charge on any atom is 0.416 e. The molecule has 1 aromatic heterocycles. The lowest BCUT2D eigenvalue weighted by molar-refractivity contribution is -0.0883. The van der Waals surface area contributed by atoms with Crippen LogP contribution in [0.15, 0.2) is 34.4 Å². The minimum absolute atomic E-state index is 0.0348. The number of nitrogens with two attached hydrogens (primary N) is 1. The van der Waals surface area contributed by atoms with Crippen LogP contribution in [0.1, 0.15) is 45.8 Å². The van der Waals surface area contributed by atoms with Gasteiger partial charge in [-0.25, -0.2) is 0 Å². The topological polar surface area (TPSA) is 64.9 Å². The zero-order valence-electron chi connectivity index (χ0n) is 13.2. The third-order valence-electron chi connectivity index (χ3n) is 2.31. The number of hydrogen-bond donors (Lipinski definition) is 1. The van der Waals surface area contributed by atoms with Gasteiger partial charge in [-0.1, -0.05) is 44.2 Å². The molecule has 1 aromatic rings. The highest BCUT2D eigenvalue weighted by molar-refractivity contribution is 5.72. The molecule has 0 atom stereocenters. The molecule has 0 saturated heterocycles. The Kier molecular flexibility index (Phi) is 9.09. The van der Waals surface area contributed by atoms with Gasteiger partial charge < -0.3 is 10.3 Å². The van der Waals surface area contributed by atoms with E-state index in [1.54, 1.807) is 19.9 Å². The van der Waals surface area contributed by atoms with Crippen LogP contribution in [0.2, 0.25) is 0 Å². The van der Waals surface area contributed by atoms with Crippen molar-refractivity contribution in [1.29, 1.82) is 0 Å². The number of rotatable bonds is 5. The summed E-state index contributed by atoms with van der Waals surface area (Å²) in [4.78, 5) is 3.93.